The highest BCUT2D eigenvalue weighted by molar-refractivity contribution is 9.10. The molecule has 0 fully saturated rings. The van der Waals surface area contributed by atoms with Gasteiger partial charge in [-0.2, -0.15) is 0 Å². The average molecular weight is 341 g/mol. The Kier molecular flexibility index (Phi) is 4.99. The van der Waals surface area contributed by atoms with Gasteiger partial charge in [-0.05, 0) is 47.3 Å². The number of thiophene rings is 1. The summed E-state index contributed by atoms with van der Waals surface area (Å²) < 4.78 is 6.92. The topological polar surface area (TPSA) is 47.3 Å². The van der Waals surface area contributed by atoms with Crippen molar-refractivity contribution >= 4 is 27.3 Å². The Morgan fingerprint density at radius 2 is 2.00 bits per heavy atom. The fourth-order valence-electron chi connectivity index (χ4n) is 1.90. The predicted octanol–water partition coefficient (Wildman–Crippen LogP) is 3.85. The van der Waals surface area contributed by atoms with Gasteiger partial charge in [-0.3, -0.25) is 5.84 Å². The Bertz CT molecular complexity index is 542. The molecule has 0 saturated carbocycles. The van der Waals surface area contributed by atoms with E-state index in [0.29, 0.717) is 0 Å². The van der Waals surface area contributed by atoms with Gasteiger partial charge in [0, 0.05) is 14.9 Å². The van der Waals surface area contributed by atoms with Gasteiger partial charge in [0.25, 0.3) is 0 Å². The zero-order valence-corrected chi connectivity index (χ0v) is 13.3. The van der Waals surface area contributed by atoms with Crippen molar-refractivity contribution in [2.45, 2.75) is 26.0 Å². The summed E-state index contributed by atoms with van der Waals surface area (Å²) in [4.78, 5) is 1.14. The van der Waals surface area contributed by atoms with Gasteiger partial charge in [0.2, 0.25) is 0 Å². The van der Waals surface area contributed by atoms with E-state index in [-0.39, 0.29) is 12.1 Å². The lowest BCUT2D eigenvalue weighted by atomic mass is 10.0. The lowest BCUT2D eigenvalue weighted by Gasteiger charge is -2.20. The van der Waals surface area contributed by atoms with Gasteiger partial charge < -0.3 is 4.74 Å². The van der Waals surface area contributed by atoms with E-state index in [0.717, 1.165) is 20.7 Å². The average Bonchev–Trinajstić information content (AvgIpc) is 2.78. The molecule has 1 aromatic carbocycles. The fraction of sp³-hybridized carbons (Fsp3) is 0.286. The largest absolute Gasteiger partial charge is 0.491 e. The second-order valence-corrected chi connectivity index (χ2v) is 6.24. The van der Waals surface area contributed by atoms with Crippen molar-refractivity contribution in [1.29, 1.82) is 0 Å². The van der Waals surface area contributed by atoms with E-state index in [1.54, 1.807) is 11.3 Å². The molecule has 5 heteroatoms. The van der Waals surface area contributed by atoms with Crippen molar-refractivity contribution in [3.8, 4) is 5.75 Å². The molecular formula is C14H17BrN2OS. The van der Waals surface area contributed by atoms with Crippen molar-refractivity contribution in [2.75, 3.05) is 0 Å². The van der Waals surface area contributed by atoms with Crippen molar-refractivity contribution in [2.24, 2.45) is 5.84 Å². The third-order valence-electron chi connectivity index (χ3n) is 2.67. The number of benzene rings is 1. The molecule has 0 saturated heterocycles. The third kappa shape index (κ3) is 3.36. The summed E-state index contributed by atoms with van der Waals surface area (Å²) in [5.74, 6) is 6.61. The van der Waals surface area contributed by atoms with Crippen LogP contribution in [-0.4, -0.2) is 6.10 Å². The van der Waals surface area contributed by atoms with E-state index in [1.807, 2.05) is 49.6 Å². The number of hydrazine groups is 1. The van der Waals surface area contributed by atoms with Crippen LogP contribution in [0.15, 0.2) is 40.2 Å². The van der Waals surface area contributed by atoms with E-state index in [1.165, 1.54) is 0 Å². The van der Waals surface area contributed by atoms with E-state index in [9.17, 15) is 0 Å². The predicted molar refractivity (Wildman–Crippen MR) is 83.4 cm³/mol. The maximum Gasteiger partial charge on any atom is 0.124 e. The van der Waals surface area contributed by atoms with Gasteiger partial charge in [0.05, 0.1) is 12.1 Å². The first-order chi connectivity index (χ1) is 9.13. The van der Waals surface area contributed by atoms with Crippen LogP contribution in [0, 0.1) is 0 Å². The Morgan fingerprint density at radius 1 is 1.26 bits per heavy atom. The molecule has 0 aliphatic rings. The highest BCUT2D eigenvalue weighted by atomic mass is 79.9. The highest BCUT2D eigenvalue weighted by Crippen LogP contribution is 2.36. The van der Waals surface area contributed by atoms with Crippen molar-refractivity contribution in [1.82, 2.24) is 5.43 Å². The highest BCUT2D eigenvalue weighted by Gasteiger charge is 2.20. The first kappa shape index (κ1) is 14.5. The second-order valence-electron chi connectivity index (χ2n) is 4.44. The number of hydrogen-bond acceptors (Lipinski definition) is 4. The summed E-state index contributed by atoms with van der Waals surface area (Å²) in [6.45, 7) is 4.03. The molecule has 0 amide bonds. The number of halogens is 1. The van der Waals surface area contributed by atoms with Crippen molar-refractivity contribution in [3.63, 3.8) is 0 Å². The van der Waals surface area contributed by atoms with E-state index in [2.05, 4.69) is 21.4 Å². The van der Waals surface area contributed by atoms with E-state index >= 15 is 0 Å². The Labute approximate surface area is 125 Å². The summed E-state index contributed by atoms with van der Waals surface area (Å²) >= 11 is 5.21. The molecule has 0 radical (unpaired) electrons. The fourth-order valence-corrected chi connectivity index (χ4v) is 3.58. The van der Waals surface area contributed by atoms with Crippen LogP contribution < -0.4 is 16.0 Å². The van der Waals surface area contributed by atoms with Crippen LogP contribution in [-0.2, 0) is 0 Å². The van der Waals surface area contributed by atoms with Gasteiger partial charge >= 0.3 is 0 Å². The molecule has 0 spiro atoms. The van der Waals surface area contributed by atoms with Crippen LogP contribution in [0.3, 0.4) is 0 Å². The smallest absolute Gasteiger partial charge is 0.124 e. The summed E-state index contributed by atoms with van der Waals surface area (Å²) in [6, 6.07) is 9.92. The summed E-state index contributed by atoms with van der Waals surface area (Å²) in [5, 5.41) is 2.04. The number of nitrogens with two attached hydrogens (primary N) is 1. The zero-order chi connectivity index (χ0) is 13.8. The molecule has 1 unspecified atom stereocenters. The second kappa shape index (κ2) is 6.52. The third-order valence-corrected chi connectivity index (χ3v) is 4.60. The lowest BCUT2D eigenvalue weighted by Crippen LogP contribution is -2.29. The summed E-state index contributed by atoms with van der Waals surface area (Å²) in [6.07, 6.45) is 0.131. The summed E-state index contributed by atoms with van der Waals surface area (Å²) in [5.41, 5.74) is 3.92. The standard InChI is InChI=1S/C14H17BrN2OS/c1-9(2)18-12-6-4-3-5-10(12)13(17-16)14-11(15)7-8-19-14/h3-9,13,17H,16H2,1-2H3. The Hall–Kier alpha value is -0.880. The number of para-hydroxylation sites is 1. The Balaban J connectivity index is 2.41. The van der Waals surface area contributed by atoms with Crippen LogP contribution in [0.4, 0.5) is 0 Å². The number of hydrogen-bond donors (Lipinski definition) is 2. The molecule has 0 aliphatic carbocycles. The van der Waals surface area contributed by atoms with Gasteiger partial charge in [-0.1, -0.05) is 18.2 Å². The molecule has 2 aromatic rings. The van der Waals surface area contributed by atoms with Crippen LogP contribution in [0.5, 0.6) is 5.75 Å². The zero-order valence-electron chi connectivity index (χ0n) is 10.9. The normalized spacial score (nSPS) is 12.7. The molecule has 1 heterocycles. The molecule has 3 nitrogen and oxygen atoms in total. The SMILES string of the molecule is CC(C)Oc1ccccc1C(NN)c1sccc1Br. The number of ether oxygens (including phenoxy) is 1. The van der Waals surface area contributed by atoms with Gasteiger partial charge in [-0.15, -0.1) is 11.3 Å². The molecule has 1 atom stereocenters. The van der Waals surface area contributed by atoms with Crippen LogP contribution in [0.1, 0.15) is 30.3 Å². The summed E-state index contributed by atoms with van der Waals surface area (Å²) in [7, 11) is 0. The molecule has 1 aromatic heterocycles. The van der Waals surface area contributed by atoms with Crippen molar-refractivity contribution < 1.29 is 4.74 Å². The van der Waals surface area contributed by atoms with Crippen molar-refractivity contribution in [3.05, 3.63) is 50.6 Å². The van der Waals surface area contributed by atoms with Crippen LogP contribution in [0.2, 0.25) is 0 Å². The van der Waals surface area contributed by atoms with E-state index < -0.39 is 0 Å². The van der Waals surface area contributed by atoms with Gasteiger partial charge in [0.1, 0.15) is 5.75 Å². The molecule has 0 aliphatic heterocycles. The first-order valence-electron chi connectivity index (χ1n) is 6.08. The molecule has 19 heavy (non-hydrogen) atoms. The quantitative estimate of drug-likeness (QED) is 0.641. The molecule has 3 N–H and O–H groups in total. The lowest BCUT2D eigenvalue weighted by molar-refractivity contribution is 0.238. The minimum atomic E-state index is -0.0793. The number of nitrogens with one attached hydrogen (secondary N) is 1. The van der Waals surface area contributed by atoms with Gasteiger partial charge in [0.15, 0.2) is 0 Å². The minimum Gasteiger partial charge on any atom is -0.491 e. The van der Waals surface area contributed by atoms with Gasteiger partial charge in [-0.25, -0.2) is 5.43 Å². The first-order valence-corrected chi connectivity index (χ1v) is 7.75. The molecular weight excluding hydrogens is 324 g/mol. The molecule has 0 bridgehead atoms. The van der Waals surface area contributed by atoms with Crippen LogP contribution in [0.25, 0.3) is 0 Å². The van der Waals surface area contributed by atoms with Crippen LogP contribution >= 0.6 is 27.3 Å². The molecule has 102 valence electrons. The van der Waals surface area contributed by atoms with E-state index in [4.69, 9.17) is 10.6 Å². The Morgan fingerprint density at radius 3 is 2.58 bits per heavy atom. The number of rotatable bonds is 5. The maximum absolute atomic E-state index is 5.86. The molecule has 2 rings (SSSR count). The minimum absolute atomic E-state index is 0.0793. The monoisotopic (exact) mass is 340 g/mol. The maximum atomic E-state index is 5.86.